The van der Waals surface area contributed by atoms with Gasteiger partial charge in [-0.05, 0) is 27.9 Å². The maximum atomic E-state index is 13.6. The lowest BCUT2D eigenvalue weighted by Gasteiger charge is -2.44. The van der Waals surface area contributed by atoms with E-state index in [1.54, 1.807) is 13.0 Å². The molecule has 1 amide bonds. The number of hydrogen-bond acceptors (Lipinski definition) is 4. The molecule has 41 heavy (non-hydrogen) atoms. The minimum atomic E-state index is -2.99. The summed E-state index contributed by atoms with van der Waals surface area (Å²) >= 11 is 18.4. The summed E-state index contributed by atoms with van der Waals surface area (Å²) in [6.07, 6.45) is 2.89. The van der Waals surface area contributed by atoms with Crippen molar-refractivity contribution in [2.75, 3.05) is 13.2 Å². The zero-order valence-corrected chi connectivity index (χ0v) is 27.0. The van der Waals surface area contributed by atoms with Gasteiger partial charge in [0.25, 0.3) is 18.0 Å². The Kier molecular flexibility index (Phi) is 11.7. The van der Waals surface area contributed by atoms with Crippen LogP contribution in [0.3, 0.4) is 0 Å². The van der Waals surface area contributed by atoms with Crippen LogP contribution in [0.25, 0.3) is 0 Å². The Morgan fingerprint density at radius 3 is 1.78 bits per heavy atom. The largest absolute Gasteiger partial charge is 0.463 e. The average Bonchev–Trinajstić information content (AvgIpc) is 2.94. The Hall–Kier alpha value is -2.61. The van der Waals surface area contributed by atoms with E-state index in [0.717, 1.165) is 15.9 Å². The number of carbonyl (C=O) groups is 2. The molecule has 0 bridgehead atoms. The third-order valence-electron chi connectivity index (χ3n) is 6.73. The highest BCUT2D eigenvalue weighted by Crippen LogP contribution is 2.37. The number of nitrogens with zero attached hydrogens (tertiary/aromatic N) is 1. The van der Waals surface area contributed by atoms with Gasteiger partial charge in [-0.15, -0.1) is 0 Å². The molecule has 0 aromatic heterocycles. The highest BCUT2D eigenvalue weighted by atomic mass is 35.6. The highest BCUT2D eigenvalue weighted by Gasteiger charge is 2.51. The van der Waals surface area contributed by atoms with Crippen LogP contribution in [-0.4, -0.2) is 48.1 Å². The summed E-state index contributed by atoms with van der Waals surface area (Å²) in [5.41, 5.74) is 0.829. The smallest absolute Gasteiger partial charge is 0.330 e. The zero-order chi connectivity index (χ0) is 30.1. The molecule has 0 spiro atoms. The molecule has 0 radical (unpaired) electrons. The van der Waals surface area contributed by atoms with E-state index in [4.69, 9.17) is 44.0 Å². The Labute approximate surface area is 259 Å². The molecule has 0 fully saturated rings. The van der Waals surface area contributed by atoms with Crippen molar-refractivity contribution in [3.63, 3.8) is 0 Å². The van der Waals surface area contributed by atoms with E-state index in [2.05, 4.69) is 45.0 Å². The van der Waals surface area contributed by atoms with Crippen molar-refractivity contribution in [1.29, 1.82) is 0 Å². The fourth-order valence-corrected chi connectivity index (χ4v) is 9.79. The molecule has 0 saturated carbocycles. The number of rotatable bonds is 11. The van der Waals surface area contributed by atoms with E-state index in [1.165, 1.54) is 11.0 Å². The molecule has 0 N–H and O–H groups in total. The van der Waals surface area contributed by atoms with Gasteiger partial charge in [-0.1, -0.05) is 153 Å². The average molecular weight is 633 g/mol. The summed E-state index contributed by atoms with van der Waals surface area (Å²) in [6.45, 7) is 8.61. The molecule has 9 heteroatoms. The standard InChI is InChI=1S/C32H36Cl3NO4Si/c1-5-39-29(37)22-21-26(36(30(38)32(33,34)35)23-25-15-9-6-10-16-25)24-40-41(31(2,3)4,27-17-11-7-12-18-27)28-19-13-8-14-20-28/h6-22,26H,5,23-24H2,1-4H3/b22-21+/t26-/m1/s1. The van der Waals surface area contributed by atoms with Crippen LogP contribution in [0.5, 0.6) is 0 Å². The van der Waals surface area contributed by atoms with E-state index in [-0.39, 0.29) is 24.8 Å². The molecule has 218 valence electrons. The SMILES string of the molecule is CCOC(=O)/C=C/[C@H](CO[Si](c1ccccc1)(c1ccccc1)C(C)(C)C)N(Cc1ccccc1)C(=O)C(Cl)(Cl)Cl. The number of halogens is 3. The Morgan fingerprint density at radius 2 is 1.34 bits per heavy atom. The van der Waals surface area contributed by atoms with E-state index in [1.807, 2.05) is 66.7 Å². The van der Waals surface area contributed by atoms with E-state index >= 15 is 0 Å². The minimum Gasteiger partial charge on any atom is -0.463 e. The first-order valence-corrected chi connectivity index (χ1v) is 16.5. The molecular formula is C32H36Cl3NO4Si. The maximum absolute atomic E-state index is 13.6. The summed E-state index contributed by atoms with van der Waals surface area (Å²) in [5.74, 6) is -1.26. The normalized spacial score (nSPS) is 13.1. The lowest BCUT2D eigenvalue weighted by Crippen LogP contribution is -2.67. The van der Waals surface area contributed by atoms with Gasteiger partial charge in [-0.2, -0.15) is 0 Å². The van der Waals surface area contributed by atoms with E-state index in [0.29, 0.717) is 0 Å². The summed E-state index contributed by atoms with van der Waals surface area (Å²) in [5, 5.41) is 1.84. The molecule has 0 aliphatic carbocycles. The van der Waals surface area contributed by atoms with Crippen LogP contribution in [0.1, 0.15) is 33.3 Å². The van der Waals surface area contributed by atoms with Gasteiger partial charge < -0.3 is 14.1 Å². The summed E-state index contributed by atoms with van der Waals surface area (Å²) in [7, 11) is -2.99. The second kappa shape index (κ2) is 14.5. The fourth-order valence-electron chi connectivity index (χ4n) is 4.88. The van der Waals surface area contributed by atoms with Gasteiger partial charge in [-0.3, -0.25) is 4.79 Å². The van der Waals surface area contributed by atoms with Gasteiger partial charge >= 0.3 is 5.97 Å². The Morgan fingerprint density at radius 1 is 0.854 bits per heavy atom. The predicted octanol–water partition coefficient (Wildman–Crippen LogP) is 6.45. The Balaban J connectivity index is 2.15. The predicted molar refractivity (Wildman–Crippen MR) is 170 cm³/mol. The minimum absolute atomic E-state index is 0.0442. The number of hydrogen-bond donors (Lipinski definition) is 0. The lowest BCUT2D eigenvalue weighted by molar-refractivity contribution is -0.137. The van der Waals surface area contributed by atoms with Gasteiger partial charge in [0.05, 0.1) is 19.3 Å². The van der Waals surface area contributed by atoms with Crippen molar-refractivity contribution in [3.8, 4) is 0 Å². The molecule has 0 saturated heterocycles. The number of alkyl halides is 3. The first kappa shape index (κ1) is 32.9. The molecule has 0 heterocycles. The number of benzene rings is 3. The Bertz CT molecular complexity index is 1250. The molecule has 3 aromatic rings. The fraction of sp³-hybridized carbons (Fsp3) is 0.312. The highest BCUT2D eigenvalue weighted by molar-refractivity contribution is 6.99. The van der Waals surface area contributed by atoms with Crippen LogP contribution in [-0.2, 0) is 25.3 Å². The van der Waals surface area contributed by atoms with Crippen LogP contribution < -0.4 is 10.4 Å². The molecular weight excluding hydrogens is 597 g/mol. The molecule has 5 nitrogen and oxygen atoms in total. The third-order valence-corrected chi connectivity index (χ3v) is 12.2. The van der Waals surface area contributed by atoms with Crippen molar-refractivity contribution in [1.82, 2.24) is 4.90 Å². The van der Waals surface area contributed by atoms with Crippen LogP contribution >= 0.6 is 34.8 Å². The molecule has 0 aliphatic heterocycles. The van der Waals surface area contributed by atoms with Gasteiger partial charge in [0, 0.05) is 12.6 Å². The quantitative estimate of drug-likeness (QED) is 0.106. The van der Waals surface area contributed by atoms with E-state index in [9.17, 15) is 9.59 Å². The van der Waals surface area contributed by atoms with Gasteiger partial charge in [-0.25, -0.2) is 4.79 Å². The second-order valence-electron chi connectivity index (χ2n) is 10.6. The van der Waals surface area contributed by atoms with Crippen molar-refractivity contribution in [3.05, 3.63) is 109 Å². The first-order chi connectivity index (χ1) is 19.4. The van der Waals surface area contributed by atoms with Crippen LogP contribution in [0.15, 0.2) is 103 Å². The lowest BCUT2D eigenvalue weighted by atomic mass is 10.1. The molecule has 1 atom stereocenters. The zero-order valence-electron chi connectivity index (χ0n) is 23.7. The number of carbonyl (C=O) groups excluding carboxylic acids is 2. The first-order valence-electron chi connectivity index (χ1n) is 13.4. The van der Waals surface area contributed by atoms with Crippen LogP contribution in [0.2, 0.25) is 5.04 Å². The van der Waals surface area contributed by atoms with Gasteiger partial charge in [0.2, 0.25) is 0 Å². The number of ether oxygens (including phenoxy) is 1. The van der Waals surface area contributed by atoms with Gasteiger partial charge in [0.1, 0.15) is 0 Å². The molecule has 0 unspecified atom stereocenters. The topological polar surface area (TPSA) is 55.8 Å². The summed E-state index contributed by atoms with van der Waals surface area (Å²) < 4.78 is 10.0. The second-order valence-corrected chi connectivity index (χ2v) is 17.2. The van der Waals surface area contributed by atoms with Crippen molar-refractivity contribution < 1.29 is 18.8 Å². The van der Waals surface area contributed by atoms with Crippen molar-refractivity contribution in [2.24, 2.45) is 0 Å². The molecule has 3 rings (SSSR count). The number of amides is 1. The summed E-state index contributed by atoms with van der Waals surface area (Å²) in [6, 6.07) is 28.9. The van der Waals surface area contributed by atoms with Gasteiger partial charge in [0.15, 0.2) is 0 Å². The van der Waals surface area contributed by atoms with Crippen molar-refractivity contribution >= 4 is 65.4 Å². The third kappa shape index (κ3) is 8.46. The maximum Gasteiger partial charge on any atom is 0.330 e. The van der Waals surface area contributed by atoms with Crippen LogP contribution in [0, 0.1) is 0 Å². The number of esters is 1. The molecule has 3 aromatic carbocycles. The van der Waals surface area contributed by atoms with Crippen molar-refractivity contribution in [2.45, 2.75) is 49.1 Å². The summed E-state index contributed by atoms with van der Waals surface area (Å²) in [4.78, 5) is 27.4. The molecule has 0 aliphatic rings. The van der Waals surface area contributed by atoms with E-state index < -0.39 is 30.0 Å². The monoisotopic (exact) mass is 631 g/mol. The van der Waals surface area contributed by atoms with Crippen LogP contribution in [0.4, 0.5) is 0 Å².